The Labute approximate surface area is 97.4 Å². The molecule has 0 aromatic carbocycles. The molecule has 1 atom stereocenters. The molecule has 0 aliphatic carbocycles. The molecule has 1 amide bonds. The third kappa shape index (κ3) is 3.35. The third-order valence-electron chi connectivity index (χ3n) is 3.19. The highest BCUT2D eigenvalue weighted by Crippen LogP contribution is 2.19. The molecule has 4 heteroatoms. The average Bonchev–Trinajstić information content (AvgIpc) is 2.64. The van der Waals surface area contributed by atoms with Crippen LogP contribution >= 0.6 is 11.6 Å². The van der Waals surface area contributed by atoms with Gasteiger partial charge in [0.2, 0.25) is 5.91 Å². The molecule has 1 fully saturated rings. The summed E-state index contributed by atoms with van der Waals surface area (Å²) in [4.78, 5) is 15.8. The van der Waals surface area contributed by atoms with E-state index in [1.54, 1.807) is 0 Å². The number of likely N-dealkylation sites (tertiary alicyclic amines) is 1. The minimum Gasteiger partial charge on any atom is -0.337 e. The van der Waals surface area contributed by atoms with Gasteiger partial charge in [-0.15, -0.1) is 11.6 Å². The van der Waals surface area contributed by atoms with Gasteiger partial charge in [0, 0.05) is 25.2 Å². The fourth-order valence-corrected chi connectivity index (χ4v) is 2.13. The highest BCUT2D eigenvalue weighted by Gasteiger charge is 2.29. The average molecular weight is 233 g/mol. The van der Waals surface area contributed by atoms with Gasteiger partial charge >= 0.3 is 0 Å². The molecule has 1 rings (SSSR count). The first-order chi connectivity index (χ1) is 7.06. The monoisotopic (exact) mass is 232 g/mol. The van der Waals surface area contributed by atoms with Crippen molar-refractivity contribution in [3.63, 3.8) is 0 Å². The summed E-state index contributed by atoms with van der Waals surface area (Å²) >= 11 is 5.59. The van der Waals surface area contributed by atoms with Crippen molar-refractivity contribution >= 4 is 17.5 Å². The van der Waals surface area contributed by atoms with Crippen LogP contribution in [0.25, 0.3) is 0 Å². The Morgan fingerprint density at radius 2 is 2.27 bits per heavy atom. The minimum atomic E-state index is 0.0799. The zero-order valence-corrected chi connectivity index (χ0v) is 10.6. The molecule has 0 aromatic heterocycles. The number of halogens is 1. The topological polar surface area (TPSA) is 23.6 Å². The summed E-state index contributed by atoms with van der Waals surface area (Å²) in [5, 5.41) is 0. The predicted molar refractivity (Wildman–Crippen MR) is 63.2 cm³/mol. The molecule has 3 nitrogen and oxygen atoms in total. The van der Waals surface area contributed by atoms with Gasteiger partial charge in [0.25, 0.3) is 0 Å². The van der Waals surface area contributed by atoms with Gasteiger partial charge in [0.15, 0.2) is 0 Å². The van der Waals surface area contributed by atoms with E-state index in [0.717, 1.165) is 25.9 Å². The van der Waals surface area contributed by atoms with Crippen LogP contribution in [0.3, 0.4) is 0 Å². The van der Waals surface area contributed by atoms with Crippen LogP contribution in [0.15, 0.2) is 0 Å². The van der Waals surface area contributed by atoms with Gasteiger partial charge in [0.05, 0.1) is 0 Å². The van der Waals surface area contributed by atoms with Crippen LogP contribution in [-0.2, 0) is 4.79 Å². The van der Waals surface area contributed by atoms with Crippen LogP contribution in [0.2, 0.25) is 0 Å². The first kappa shape index (κ1) is 12.8. The molecule has 1 aliphatic rings. The van der Waals surface area contributed by atoms with Crippen molar-refractivity contribution in [1.29, 1.82) is 0 Å². The predicted octanol–water partition coefficient (Wildman–Crippen LogP) is 1.56. The maximum Gasteiger partial charge on any atom is 0.237 e. The lowest BCUT2D eigenvalue weighted by Crippen LogP contribution is -2.44. The first-order valence-electron chi connectivity index (χ1n) is 5.62. The second-order valence-electron chi connectivity index (χ2n) is 4.55. The summed E-state index contributed by atoms with van der Waals surface area (Å²) in [6.45, 7) is 6.17. The Kier molecular flexibility index (Phi) is 4.87. The summed E-state index contributed by atoms with van der Waals surface area (Å²) in [7, 11) is 2.10. The number of carbonyl (C=O) groups is 1. The van der Waals surface area contributed by atoms with E-state index in [-0.39, 0.29) is 11.8 Å². The highest BCUT2D eigenvalue weighted by molar-refractivity contribution is 6.27. The van der Waals surface area contributed by atoms with Gasteiger partial charge in [-0.2, -0.15) is 0 Å². The molecule has 1 aliphatic heterocycles. The molecular weight excluding hydrogens is 212 g/mol. The molecule has 1 heterocycles. The Morgan fingerprint density at radius 3 is 2.80 bits per heavy atom. The lowest BCUT2D eigenvalue weighted by atomic mass is 10.2. The van der Waals surface area contributed by atoms with Crippen molar-refractivity contribution in [3.8, 4) is 0 Å². The summed E-state index contributed by atoms with van der Waals surface area (Å²) in [6, 6.07) is 0.891. The quantitative estimate of drug-likeness (QED) is 0.687. The van der Waals surface area contributed by atoms with E-state index in [4.69, 9.17) is 11.6 Å². The van der Waals surface area contributed by atoms with Crippen molar-refractivity contribution in [2.45, 2.75) is 38.8 Å². The number of hydrogen-bond acceptors (Lipinski definition) is 2. The second-order valence-corrected chi connectivity index (χ2v) is 4.82. The maximum atomic E-state index is 11.6. The molecule has 0 radical (unpaired) electrons. The Balaban J connectivity index is 2.50. The zero-order chi connectivity index (χ0) is 11.4. The molecule has 0 aromatic rings. The Bertz CT molecular complexity index is 221. The SMILES string of the molecule is CC(C)N(C)C[C@@H]1CCCN1C(=O)CCl. The summed E-state index contributed by atoms with van der Waals surface area (Å²) in [5.41, 5.74) is 0. The van der Waals surface area contributed by atoms with E-state index in [1.165, 1.54) is 0 Å². The molecular formula is C11H21ClN2O. The fourth-order valence-electron chi connectivity index (χ4n) is 1.97. The van der Waals surface area contributed by atoms with Crippen LogP contribution in [0.4, 0.5) is 0 Å². The number of hydrogen-bond donors (Lipinski definition) is 0. The van der Waals surface area contributed by atoms with Crippen molar-refractivity contribution in [2.75, 3.05) is 26.0 Å². The number of rotatable bonds is 4. The third-order valence-corrected chi connectivity index (χ3v) is 3.42. The highest BCUT2D eigenvalue weighted by atomic mass is 35.5. The normalized spacial score (nSPS) is 21.7. The molecule has 0 saturated carbocycles. The number of alkyl halides is 1. The Morgan fingerprint density at radius 1 is 1.60 bits per heavy atom. The smallest absolute Gasteiger partial charge is 0.237 e. The molecule has 0 unspecified atom stereocenters. The number of likely N-dealkylation sites (N-methyl/N-ethyl adjacent to an activating group) is 1. The largest absolute Gasteiger partial charge is 0.337 e. The van der Waals surface area contributed by atoms with Gasteiger partial charge in [-0.25, -0.2) is 0 Å². The van der Waals surface area contributed by atoms with E-state index in [1.807, 2.05) is 4.90 Å². The fraction of sp³-hybridized carbons (Fsp3) is 0.909. The first-order valence-corrected chi connectivity index (χ1v) is 6.15. The van der Waals surface area contributed by atoms with Gasteiger partial charge < -0.3 is 9.80 Å². The van der Waals surface area contributed by atoms with Crippen molar-refractivity contribution in [2.24, 2.45) is 0 Å². The Hall–Kier alpha value is -0.280. The van der Waals surface area contributed by atoms with E-state index in [0.29, 0.717) is 12.1 Å². The van der Waals surface area contributed by atoms with E-state index in [2.05, 4.69) is 25.8 Å². The molecule has 88 valence electrons. The molecule has 15 heavy (non-hydrogen) atoms. The van der Waals surface area contributed by atoms with Crippen LogP contribution in [0, 0.1) is 0 Å². The van der Waals surface area contributed by atoms with Crippen LogP contribution in [-0.4, -0.2) is 53.8 Å². The van der Waals surface area contributed by atoms with Crippen molar-refractivity contribution in [3.05, 3.63) is 0 Å². The van der Waals surface area contributed by atoms with Crippen molar-refractivity contribution < 1.29 is 4.79 Å². The van der Waals surface area contributed by atoms with Crippen LogP contribution in [0.5, 0.6) is 0 Å². The maximum absolute atomic E-state index is 11.6. The minimum absolute atomic E-state index is 0.0799. The van der Waals surface area contributed by atoms with Gasteiger partial charge in [-0.05, 0) is 33.7 Å². The zero-order valence-electron chi connectivity index (χ0n) is 9.87. The van der Waals surface area contributed by atoms with Crippen LogP contribution in [0.1, 0.15) is 26.7 Å². The van der Waals surface area contributed by atoms with Gasteiger partial charge in [0.1, 0.15) is 5.88 Å². The van der Waals surface area contributed by atoms with Crippen LogP contribution < -0.4 is 0 Å². The van der Waals surface area contributed by atoms with E-state index in [9.17, 15) is 4.79 Å². The second kappa shape index (κ2) is 5.71. The van der Waals surface area contributed by atoms with E-state index < -0.39 is 0 Å². The summed E-state index contributed by atoms with van der Waals surface area (Å²) in [6.07, 6.45) is 2.22. The lowest BCUT2D eigenvalue weighted by molar-refractivity contribution is -0.129. The van der Waals surface area contributed by atoms with Crippen molar-refractivity contribution in [1.82, 2.24) is 9.80 Å². The van der Waals surface area contributed by atoms with E-state index >= 15 is 0 Å². The lowest BCUT2D eigenvalue weighted by Gasteiger charge is -2.30. The molecule has 0 spiro atoms. The van der Waals surface area contributed by atoms with Gasteiger partial charge in [-0.3, -0.25) is 4.79 Å². The number of nitrogens with zero attached hydrogens (tertiary/aromatic N) is 2. The molecule has 0 bridgehead atoms. The molecule has 1 saturated heterocycles. The number of carbonyl (C=O) groups excluding carboxylic acids is 1. The standard InChI is InChI=1S/C11H21ClN2O/c1-9(2)13(3)8-10-5-4-6-14(10)11(15)7-12/h9-10H,4-8H2,1-3H3/t10-/m0/s1. The molecule has 0 N–H and O–H groups in total. The summed E-state index contributed by atoms with van der Waals surface area (Å²) in [5.74, 6) is 0.193. The number of amides is 1. The van der Waals surface area contributed by atoms with Gasteiger partial charge in [-0.1, -0.05) is 0 Å². The summed E-state index contributed by atoms with van der Waals surface area (Å²) < 4.78 is 0.